The minimum absolute atomic E-state index is 0.656. The topological polar surface area (TPSA) is 15.3 Å². The third-order valence-electron chi connectivity index (χ3n) is 4.90. The standard InChI is InChI=1S/C14H28N2/c1-3-14(8-4-5-9-14)12-15-13-6-10-16(2)11-7-13/h13,15H,3-12H2,1-2H3. The lowest BCUT2D eigenvalue weighted by Gasteiger charge is -2.34. The molecule has 0 radical (unpaired) electrons. The van der Waals surface area contributed by atoms with E-state index in [-0.39, 0.29) is 0 Å². The highest BCUT2D eigenvalue weighted by atomic mass is 15.1. The van der Waals surface area contributed by atoms with Gasteiger partial charge in [0.15, 0.2) is 0 Å². The Hall–Kier alpha value is -0.0800. The van der Waals surface area contributed by atoms with Gasteiger partial charge in [-0.25, -0.2) is 0 Å². The van der Waals surface area contributed by atoms with E-state index in [0.29, 0.717) is 5.41 Å². The third-order valence-corrected chi connectivity index (χ3v) is 4.90. The molecule has 1 heterocycles. The van der Waals surface area contributed by atoms with Crippen molar-refractivity contribution in [2.24, 2.45) is 5.41 Å². The summed E-state index contributed by atoms with van der Waals surface area (Å²) in [4.78, 5) is 2.45. The van der Waals surface area contributed by atoms with Crippen LogP contribution in [0.4, 0.5) is 0 Å². The van der Waals surface area contributed by atoms with Crippen molar-refractivity contribution in [3.8, 4) is 0 Å². The zero-order valence-electron chi connectivity index (χ0n) is 11.1. The molecule has 0 spiro atoms. The normalized spacial score (nSPS) is 27.4. The summed E-state index contributed by atoms with van der Waals surface area (Å²) in [5.41, 5.74) is 0.656. The molecule has 2 fully saturated rings. The maximum absolute atomic E-state index is 3.85. The van der Waals surface area contributed by atoms with Crippen molar-refractivity contribution in [3.05, 3.63) is 0 Å². The molecule has 0 atom stereocenters. The van der Waals surface area contributed by atoms with Crippen LogP contribution < -0.4 is 5.32 Å². The van der Waals surface area contributed by atoms with Crippen molar-refractivity contribution < 1.29 is 0 Å². The maximum atomic E-state index is 3.85. The molecule has 1 aliphatic heterocycles. The number of hydrogen-bond acceptors (Lipinski definition) is 2. The summed E-state index contributed by atoms with van der Waals surface area (Å²) in [5, 5.41) is 3.85. The van der Waals surface area contributed by atoms with Crippen molar-refractivity contribution in [2.45, 2.75) is 57.9 Å². The second-order valence-corrected chi connectivity index (χ2v) is 6.02. The Morgan fingerprint density at radius 2 is 1.81 bits per heavy atom. The van der Waals surface area contributed by atoms with Gasteiger partial charge >= 0.3 is 0 Å². The van der Waals surface area contributed by atoms with Gasteiger partial charge in [0.05, 0.1) is 0 Å². The largest absolute Gasteiger partial charge is 0.313 e. The molecule has 1 aliphatic carbocycles. The molecule has 0 unspecified atom stereocenters. The zero-order chi connectivity index (χ0) is 11.4. The summed E-state index contributed by atoms with van der Waals surface area (Å²) in [5.74, 6) is 0. The Labute approximate surface area is 101 Å². The number of nitrogens with zero attached hydrogens (tertiary/aromatic N) is 1. The number of nitrogens with one attached hydrogen (secondary N) is 1. The third kappa shape index (κ3) is 2.98. The monoisotopic (exact) mass is 224 g/mol. The van der Waals surface area contributed by atoms with Gasteiger partial charge in [0.1, 0.15) is 0 Å². The molecule has 0 bridgehead atoms. The van der Waals surface area contributed by atoms with Crippen molar-refractivity contribution in [1.82, 2.24) is 10.2 Å². The smallest absolute Gasteiger partial charge is 0.00916 e. The van der Waals surface area contributed by atoms with Crippen LogP contribution in [-0.2, 0) is 0 Å². The van der Waals surface area contributed by atoms with Crippen molar-refractivity contribution in [1.29, 1.82) is 0 Å². The van der Waals surface area contributed by atoms with E-state index in [1.165, 1.54) is 64.6 Å². The molecule has 0 amide bonds. The van der Waals surface area contributed by atoms with E-state index in [2.05, 4.69) is 24.2 Å². The number of piperidine rings is 1. The first kappa shape index (κ1) is 12.4. The van der Waals surface area contributed by atoms with Crippen LogP contribution in [0.2, 0.25) is 0 Å². The van der Waals surface area contributed by atoms with Gasteiger partial charge in [-0.05, 0) is 57.7 Å². The van der Waals surface area contributed by atoms with Gasteiger partial charge in [0, 0.05) is 12.6 Å². The molecular formula is C14H28N2. The van der Waals surface area contributed by atoms with E-state index in [0.717, 1.165) is 6.04 Å². The highest BCUT2D eigenvalue weighted by Crippen LogP contribution is 2.40. The number of rotatable bonds is 4. The van der Waals surface area contributed by atoms with Crippen molar-refractivity contribution in [2.75, 3.05) is 26.7 Å². The Morgan fingerprint density at radius 1 is 1.19 bits per heavy atom. The molecule has 2 aliphatic rings. The second-order valence-electron chi connectivity index (χ2n) is 6.02. The van der Waals surface area contributed by atoms with Crippen LogP contribution in [0.3, 0.4) is 0 Å². The molecule has 0 aromatic rings. The first-order chi connectivity index (χ1) is 7.74. The van der Waals surface area contributed by atoms with E-state index in [1.54, 1.807) is 0 Å². The average Bonchev–Trinajstić information content (AvgIpc) is 2.78. The zero-order valence-corrected chi connectivity index (χ0v) is 11.1. The Balaban J connectivity index is 1.73. The molecule has 94 valence electrons. The predicted octanol–water partition coefficient (Wildman–Crippen LogP) is 2.64. The van der Waals surface area contributed by atoms with Crippen LogP contribution in [0.5, 0.6) is 0 Å². The maximum Gasteiger partial charge on any atom is 0.00916 e. The van der Waals surface area contributed by atoms with Gasteiger partial charge < -0.3 is 10.2 Å². The quantitative estimate of drug-likeness (QED) is 0.790. The summed E-state index contributed by atoms with van der Waals surface area (Å²) < 4.78 is 0. The molecule has 16 heavy (non-hydrogen) atoms. The Morgan fingerprint density at radius 3 is 2.38 bits per heavy atom. The molecule has 2 nitrogen and oxygen atoms in total. The first-order valence-electron chi connectivity index (χ1n) is 7.16. The van der Waals surface area contributed by atoms with Crippen LogP contribution in [0.1, 0.15) is 51.9 Å². The summed E-state index contributed by atoms with van der Waals surface area (Å²) in [6.07, 6.45) is 9.90. The molecule has 0 aromatic heterocycles. The minimum Gasteiger partial charge on any atom is -0.313 e. The van der Waals surface area contributed by atoms with Gasteiger partial charge in [0.2, 0.25) is 0 Å². The van der Waals surface area contributed by atoms with Gasteiger partial charge in [-0.3, -0.25) is 0 Å². The van der Waals surface area contributed by atoms with Crippen LogP contribution in [0.15, 0.2) is 0 Å². The van der Waals surface area contributed by atoms with Gasteiger partial charge in [-0.15, -0.1) is 0 Å². The molecule has 0 aromatic carbocycles. The SMILES string of the molecule is CCC1(CNC2CCN(C)CC2)CCCC1. The minimum atomic E-state index is 0.656. The van der Waals surface area contributed by atoms with E-state index >= 15 is 0 Å². The summed E-state index contributed by atoms with van der Waals surface area (Å²) in [6, 6.07) is 0.792. The Kier molecular flexibility index (Phi) is 4.26. The van der Waals surface area contributed by atoms with Crippen LogP contribution >= 0.6 is 0 Å². The molecular weight excluding hydrogens is 196 g/mol. The van der Waals surface area contributed by atoms with Crippen molar-refractivity contribution in [3.63, 3.8) is 0 Å². The van der Waals surface area contributed by atoms with Gasteiger partial charge in [-0.1, -0.05) is 19.8 Å². The van der Waals surface area contributed by atoms with Gasteiger partial charge in [0.25, 0.3) is 0 Å². The molecule has 2 rings (SSSR count). The molecule has 1 saturated carbocycles. The lowest BCUT2D eigenvalue weighted by molar-refractivity contribution is 0.202. The predicted molar refractivity (Wildman–Crippen MR) is 69.7 cm³/mol. The molecule has 2 heteroatoms. The lowest BCUT2D eigenvalue weighted by atomic mass is 9.83. The lowest BCUT2D eigenvalue weighted by Crippen LogP contribution is -2.44. The van der Waals surface area contributed by atoms with E-state index in [1.807, 2.05) is 0 Å². The molecule has 1 saturated heterocycles. The highest BCUT2D eigenvalue weighted by molar-refractivity contribution is 4.87. The molecule has 1 N–H and O–H groups in total. The summed E-state index contributed by atoms with van der Waals surface area (Å²) >= 11 is 0. The fourth-order valence-corrected chi connectivity index (χ4v) is 3.35. The Bertz CT molecular complexity index is 201. The second kappa shape index (κ2) is 5.50. The van der Waals surface area contributed by atoms with Crippen LogP contribution in [0.25, 0.3) is 0 Å². The highest BCUT2D eigenvalue weighted by Gasteiger charge is 2.32. The van der Waals surface area contributed by atoms with E-state index in [9.17, 15) is 0 Å². The number of likely N-dealkylation sites (tertiary alicyclic amines) is 1. The van der Waals surface area contributed by atoms with Crippen molar-refractivity contribution >= 4 is 0 Å². The van der Waals surface area contributed by atoms with E-state index < -0.39 is 0 Å². The van der Waals surface area contributed by atoms with Crippen LogP contribution in [0, 0.1) is 5.41 Å². The van der Waals surface area contributed by atoms with Crippen LogP contribution in [-0.4, -0.2) is 37.6 Å². The average molecular weight is 224 g/mol. The fourth-order valence-electron chi connectivity index (χ4n) is 3.35. The summed E-state index contributed by atoms with van der Waals surface area (Å²) in [7, 11) is 2.24. The number of hydrogen-bond donors (Lipinski definition) is 1. The van der Waals surface area contributed by atoms with E-state index in [4.69, 9.17) is 0 Å². The fraction of sp³-hybridized carbons (Fsp3) is 1.00. The summed E-state index contributed by atoms with van der Waals surface area (Å²) in [6.45, 7) is 6.20. The first-order valence-corrected chi connectivity index (χ1v) is 7.16. The van der Waals surface area contributed by atoms with Gasteiger partial charge in [-0.2, -0.15) is 0 Å².